The summed E-state index contributed by atoms with van der Waals surface area (Å²) in [4.78, 5) is 0. The van der Waals surface area contributed by atoms with E-state index in [4.69, 9.17) is 19.3 Å². The molecule has 0 heterocycles. The van der Waals surface area contributed by atoms with Crippen LogP contribution in [0.2, 0.25) is 0 Å². The first-order valence-corrected chi connectivity index (χ1v) is 8.97. The van der Waals surface area contributed by atoms with Crippen molar-refractivity contribution in [2.75, 3.05) is 26.4 Å². The molecule has 0 atom stereocenters. The van der Waals surface area contributed by atoms with E-state index in [0.29, 0.717) is 12.0 Å². The zero-order valence-electron chi connectivity index (χ0n) is 13.2. The highest BCUT2D eigenvalue weighted by Crippen LogP contribution is 2.66. The molecule has 0 fully saturated rings. The molecule has 5 nitrogen and oxygen atoms in total. The molecule has 0 radical (unpaired) electrons. The van der Waals surface area contributed by atoms with Gasteiger partial charge in [-0.3, -0.25) is 4.57 Å². The minimum Gasteiger partial charge on any atom is -0.396 e. The average molecular weight is 352 g/mol. The van der Waals surface area contributed by atoms with E-state index in [2.05, 4.69) is 0 Å². The number of aliphatic hydroxyl groups is 2. The molecule has 23 heavy (non-hydrogen) atoms. The predicted molar refractivity (Wildman–Crippen MR) is 82.6 cm³/mol. The molecule has 0 aliphatic heterocycles. The number of alkyl halides is 2. The maximum atomic E-state index is 14.5. The average Bonchev–Trinajstić information content (AvgIpc) is 2.53. The predicted octanol–water partition coefficient (Wildman–Crippen LogP) is 3.15. The van der Waals surface area contributed by atoms with Gasteiger partial charge in [-0.05, 0) is 25.8 Å². The second-order valence-electron chi connectivity index (χ2n) is 5.01. The van der Waals surface area contributed by atoms with Crippen LogP contribution in [0, 0.1) is 5.92 Å². The third-order valence-electron chi connectivity index (χ3n) is 3.28. The van der Waals surface area contributed by atoms with Crippen molar-refractivity contribution in [3.63, 3.8) is 0 Å². The SMILES string of the molecule is CCOP(=O)(OCC)C(F)(F)c1ccc(CC(CO)CO)cc1. The van der Waals surface area contributed by atoms with E-state index < -0.39 is 18.8 Å². The molecule has 1 rings (SSSR count). The van der Waals surface area contributed by atoms with Crippen LogP contribution in [0.25, 0.3) is 0 Å². The van der Waals surface area contributed by atoms with Crippen molar-refractivity contribution in [3.05, 3.63) is 35.4 Å². The molecule has 132 valence electrons. The third kappa shape index (κ3) is 4.81. The smallest absolute Gasteiger partial charge is 0.396 e. The minimum atomic E-state index is -4.61. The molecule has 1 aromatic rings. The van der Waals surface area contributed by atoms with Crippen LogP contribution in [0.5, 0.6) is 0 Å². The maximum absolute atomic E-state index is 14.5. The molecule has 0 saturated heterocycles. The Morgan fingerprint density at radius 2 is 1.57 bits per heavy atom. The van der Waals surface area contributed by atoms with Crippen LogP contribution >= 0.6 is 7.60 Å². The molecular formula is C15H23F2O5P. The Labute approximate surface area is 134 Å². The summed E-state index contributed by atoms with van der Waals surface area (Å²) >= 11 is 0. The Kier molecular flexibility index (Phi) is 7.77. The van der Waals surface area contributed by atoms with Crippen LogP contribution in [0.15, 0.2) is 24.3 Å². The number of hydrogen-bond acceptors (Lipinski definition) is 5. The van der Waals surface area contributed by atoms with Crippen LogP contribution in [0.1, 0.15) is 25.0 Å². The van der Waals surface area contributed by atoms with E-state index in [0.717, 1.165) is 12.1 Å². The van der Waals surface area contributed by atoms with Gasteiger partial charge in [-0.2, -0.15) is 8.78 Å². The lowest BCUT2D eigenvalue weighted by Gasteiger charge is -2.26. The fraction of sp³-hybridized carbons (Fsp3) is 0.600. The monoisotopic (exact) mass is 352 g/mol. The molecule has 0 unspecified atom stereocenters. The maximum Gasteiger partial charge on any atom is 0.404 e. The Morgan fingerprint density at radius 1 is 1.09 bits per heavy atom. The first-order chi connectivity index (χ1) is 10.8. The number of halogens is 2. The lowest BCUT2D eigenvalue weighted by atomic mass is 10.00. The highest BCUT2D eigenvalue weighted by Gasteiger charge is 2.54. The Morgan fingerprint density at radius 3 is 1.96 bits per heavy atom. The van der Waals surface area contributed by atoms with Gasteiger partial charge in [-0.15, -0.1) is 0 Å². The zero-order chi connectivity index (χ0) is 17.5. The van der Waals surface area contributed by atoms with Crippen LogP contribution in [0.4, 0.5) is 8.78 Å². The number of hydrogen-bond donors (Lipinski definition) is 2. The van der Waals surface area contributed by atoms with Crippen LogP contribution in [-0.2, 0) is 25.7 Å². The number of rotatable bonds is 10. The van der Waals surface area contributed by atoms with E-state index in [-0.39, 0.29) is 32.3 Å². The first kappa shape index (κ1) is 20.2. The molecule has 1 aromatic carbocycles. The van der Waals surface area contributed by atoms with Gasteiger partial charge in [0, 0.05) is 24.7 Å². The van der Waals surface area contributed by atoms with Crippen molar-refractivity contribution in [2.45, 2.75) is 25.9 Å². The highest BCUT2D eigenvalue weighted by molar-refractivity contribution is 7.54. The molecule has 0 spiro atoms. The molecule has 8 heteroatoms. The molecule has 0 saturated carbocycles. The standard InChI is InChI=1S/C15H23F2O5P/c1-3-21-23(20,22-4-2)15(16,17)14-7-5-12(6-8-14)9-13(10-18)11-19/h5-8,13,18-19H,3-4,9-11H2,1-2H3. The topological polar surface area (TPSA) is 76.0 Å². The Balaban J connectivity index is 3.02. The first-order valence-electron chi connectivity index (χ1n) is 7.42. The fourth-order valence-corrected chi connectivity index (χ4v) is 3.60. The van der Waals surface area contributed by atoms with E-state index in [9.17, 15) is 13.3 Å². The molecule has 0 bridgehead atoms. The van der Waals surface area contributed by atoms with Gasteiger partial charge in [0.25, 0.3) is 0 Å². The molecule has 0 aromatic heterocycles. The lowest BCUT2D eigenvalue weighted by molar-refractivity contribution is 0.0360. The summed E-state index contributed by atoms with van der Waals surface area (Å²) < 4.78 is 50.8. The fourth-order valence-electron chi connectivity index (χ4n) is 2.06. The second-order valence-corrected chi connectivity index (χ2v) is 7.08. The lowest BCUT2D eigenvalue weighted by Crippen LogP contribution is -2.18. The van der Waals surface area contributed by atoms with Gasteiger partial charge in [0.05, 0.1) is 13.2 Å². The van der Waals surface area contributed by atoms with Crippen molar-refractivity contribution >= 4 is 7.60 Å². The van der Waals surface area contributed by atoms with Crippen molar-refractivity contribution in [1.82, 2.24) is 0 Å². The van der Waals surface area contributed by atoms with Crippen LogP contribution < -0.4 is 0 Å². The largest absolute Gasteiger partial charge is 0.404 e. The third-order valence-corrected chi connectivity index (χ3v) is 5.43. The van der Waals surface area contributed by atoms with Crippen molar-refractivity contribution in [3.8, 4) is 0 Å². The summed E-state index contributed by atoms with van der Waals surface area (Å²) in [7, 11) is -4.61. The van der Waals surface area contributed by atoms with Crippen molar-refractivity contribution in [2.24, 2.45) is 5.92 Å². The zero-order valence-corrected chi connectivity index (χ0v) is 14.1. The summed E-state index contributed by atoms with van der Waals surface area (Å²) in [6.45, 7) is 2.24. The number of aliphatic hydroxyl groups excluding tert-OH is 2. The highest BCUT2D eigenvalue weighted by atomic mass is 31.2. The van der Waals surface area contributed by atoms with E-state index in [1.54, 1.807) is 0 Å². The second kappa shape index (κ2) is 8.85. The number of benzene rings is 1. The van der Waals surface area contributed by atoms with Gasteiger partial charge >= 0.3 is 13.3 Å². The van der Waals surface area contributed by atoms with E-state index in [1.807, 2.05) is 0 Å². The molecule has 0 aliphatic carbocycles. The summed E-state index contributed by atoms with van der Waals surface area (Å²) in [6.07, 6.45) is 0.355. The van der Waals surface area contributed by atoms with Gasteiger partial charge < -0.3 is 19.3 Å². The summed E-state index contributed by atoms with van der Waals surface area (Å²) in [5.41, 5.74) is -3.54. The molecule has 0 aliphatic rings. The Bertz CT molecular complexity index is 507. The normalized spacial score (nSPS) is 12.8. The van der Waals surface area contributed by atoms with Gasteiger partial charge in [0.15, 0.2) is 0 Å². The minimum absolute atomic E-state index is 0.153. The Hall–Kier alpha value is -0.850. The summed E-state index contributed by atoms with van der Waals surface area (Å²) in [6, 6.07) is 5.21. The van der Waals surface area contributed by atoms with Crippen molar-refractivity contribution < 1.29 is 32.6 Å². The molecule has 0 amide bonds. The van der Waals surface area contributed by atoms with Gasteiger partial charge in [0.2, 0.25) is 0 Å². The van der Waals surface area contributed by atoms with E-state index >= 15 is 0 Å². The van der Waals surface area contributed by atoms with Crippen LogP contribution in [0.3, 0.4) is 0 Å². The molecule has 2 N–H and O–H groups in total. The quantitative estimate of drug-likeness (QED) is 0.633. The van der Waals surface area contributed by atoms with E-state index in [1.165, 1.54) is 26.0 Å². The van der Waals surface area contributed by atoms with Crippen molar-refractivity contribution in [1.29, 1.82) is 0 Å². The van der Waals surface area contributed by atoms with Gasteiger partial charge in [-0.25, -0.2) is 0 Å². The van der Waals surface area contributed by atoms with Crippen LogP contribution in [-0.4, -0.2) is 36.6 Å². The summed E-state index contributed by atoms with van der Waals surface area (Å²) in [5, 5.41) is 18.1. The van der Waals surface area contributed by atoms with Gasteiger partial charge in [0.1, 0.15) is 0 Å². The molecular weight excluding hydrogens is 329 g/mol. The van der Waals surface area contributed by atoms with Gasteiger partial charge in [-0.1, -0.05) is 24.3 Å². The summed E-state index contributed by atoms with van der Waals surface area (Å²) in [5.74, 6) is -0.348.